The van der Waals surface area contributed by atoms with E-state index in [2.05, 4.69) is 4.98 Å². The van der Waals surface area contributed by atoms with Gasteiger partial charge in [-0.25, -0.2) is 0 Å². The molecule has 0 saturated heterocycles. The van der Waals surface area contributed by atoms with Crippen molar-refractivity contribution in [3.63, 3.8) is 0 Å². The second-order valence-corrected chi connectivity index (χ2v) is 4.63. The van der Waals surface area contributed by atoms with Crippen LogP contribution in [0.5, 0.6) is 0 Å². The molecule has 0 atom stereocenters. The van der Waals surface area contributed by atoms with Crippen molar-refractivity contribution in [2.45, 2.75) is 26.8 Å². The van der Waals surface area contributed by atoms with Gasteiger partial charge in [-0.2, -0.15) is 0 Å². The summed E-state index contributed by atoms with van der Waals surface area (Å²) in [5, 5.41) is 9.08. The molecule has 6 heteroatoms. The molecule has 0 radical (unpaired) electrons. The van der Waals surface area contributed by atoms with Crippen LogP contribution in [0.25, 0.3) is 0 Å². The summed E-state index contributed by atoms with van der Waals surface area (Å²) in [6.45, 7) is 4.89. The number of pyridine rings is 1. The van der Waals surface area contributed by atoms with Gasteiger partial charge in [-0.05, 0) is 26.8 Å². The van der Waals surface area contributed by atoms with E-state index in [0.29, 0.717) is 5.69 Å². The number of carbonyl (C=O) groups excluding carboxylic acids is 1. The van der Waals surface area contributed by atoms with Crippen LogP contribution < -0.4 is 0 Å². The molecule has 1 aromatic rings. The fourth-order valence-electron chi connectivity index (χ4n) is 1.47. The Balaban J connectivity index is 3.05. The topological polar surface area (TPSA) is 70.5 Å². The van der Waals surface area contributed by atoms with E-state index in [4.69, 9.17) is 16.7 Å². The van der Waals surface area contributed by atoms with Crippen LogP contribution in [-0.2, 0) is 4.79 Å². The molecular formula is C12H15ClN2O3. The van der Waals surface area contributed by atoms with Crippen molar-refractivity contribution in [3.8, 4) is 0 Å². The number of hydrogen-bond acceptors (Lipinski definition) is 3. The van der Waals surface area contributed by atoms with Crippen molar-refractivity contribution >= 4 is 23.5 Å². The van der Waals surface area contributed by atoms with E-state index >= 15 is 0 Å². The Morgan fingerprint density at radius 1 is 1.50 bits per heavy atom. The maximum absolute atomic E-state index is 12.2. The van der Waals surface area contributed by atoms with Gasteiger partial charge in [0.1, 0.15) is 6.54 Å². The zero-order valence-corrected chi connectivity index (χ0v) is 11.2. The first kappa shape index (κ1) is 14.4. The molecule has 1 aromatic heterocycles. The largest absolute Gasteiger partial charge is 0.480 e. The third-order valence-corrected chi connectivity index (χ3v) is 2.72. The number of carboxylic acid groups (broad SMARTS) is 1. The first-order valence-electron chi connectivity index (χ1n) is 5.47. The number of carboxylic acids is 1. The van der Waals surface area contributed by atoms with Gasteiger partial charge in [-0.3, -0.25) is 14.6 Å². The van der Waals surface area contributed by atoms with Gasteiger partial charge in [0.05, 0.1) is 10.6 Å². The van der Waals surface area contributed by atoms with Crippen LogP contribution in [0, 0.1) is 6.92 Å². The standard InChI is InChI=1S/C12H15ClN2O3/c1-7(2)15(6-11(16)17)12(18)9-5-14-8(3)4-10(9)13/h4-5,7H,6H2,1-3H3,(H,16,17). The highest BCUT2D eigenvalue weighted by Crippen LogP contribution is 2.18. The molecule has 0 aliphatic carbocycles. The number of carbonyl (C=O) groups is 2. The number of nitrogens with zero attached hydrogens (tertiary/aromatic N) is 2. The summed E-state index contributed by atoms with van der Waals surface area (Å²) in [5.41, 5.74) is 0.920. The monoisotopic (exact) mass is 270 g/mol. The summed E-state index contributed by atoms with van der Waals surface area (Å²) >= 11 is 5.97. The fourth-order valence-corrected chi connectivity index (χ4v) is 1.76. The third-order valence-electron chi connectivity index (χ3n) is 2.41. The molecule has 0 bridgehead atoms. The van der Waals surface area contributed by atoms with Gasteiger partial charge in [0.15, 0.2) is 0 Å². The van der Waals surface area contributed by atoms with Crippen molar-refractivity contribution < 1.29 is 14.7 Å². The van der Waals surface area contributed by atoms with Crippen molar-refractivity contribution in [1.29, 1.82) is 0 Å². The molecule has 0 aromatic carbocycles. The van der Waals surface area contributed by atoms with Crippen LogP contribution in [-0.4, -0.2) is 39.5 Å². The van der Waals surface area contributed by atoms with E-state index in [0.717, 1.165) is 0 Å². The summed E-state index contributed by atoms with van der Waals surface area (Å²) in [5.74, 6) is -1.49. The smallest absolute Gasteiger partial charge is 0.323 e. The summed E-state index contributed by atoms with van der Waals surface area (Å²) in [7, 11) is 0. The molecule has 0 spiro atoms. The van der Waals surface area contributed by atoms with Gasteiger partial charge in [-0.1, -0.05) is 11.6 Å². The van der Waals surface area contributed by atoms with Crippen LogP contribution in [0.3, 0.4) is 0 Å². The molecule has 18 heavy (non-hydrogen) atoms. The van der Waals surface area contributed by atoms with E-state index in [1.807, 2.05) is 0 Å². The van der Waals surface area contributed by atoms with Crippen molar-refractivity contribution in [2.75, 3.05) is 6.54 Å². The molecule has 0 aliphatic heterocycles. The molecule has 0 saturated carbocycles. The van der Waals surface area contributed by atoms with Crippen LogP contribution in [0.15, 0.2) is 12.3 Å². The molecule has 0 fully saturated rings. The summed E-state index contributed by atoms with van der Waals surface area (Å²) in [6.07, 6.45) is 1.37. The van der Waals surface area contributed by atoms with E-state index < -0.39 is 11.9 Å². The van der Waals surface area contributed by atoms with Gasteiger partial charge < -0.3 is 10.0 Å². The molecular weight excluding hydrogens is 256 g/mol. The minimum atomic E-state index is -1.06. The number of rotatable bonds is 4. The lowest BCUT2D eigenvalue weighted by atomic mass is 10.2. The normalized spacial score (nSPS) is 10.5. The molecule has 0 unspecified atom stereocenters. The van der Waals surface area contributed by atoms with Gasteiger partial charge in [0.2, 0.25) is 0 Å². The van der Waals surface area contributed by atoms with Crippen molar-refractivity contribution in [2.24, 2.45) is 0 Å². The predicted octanol–water partition coefficient (Wildman–Crippen LogP) is 1.98. The zero-order chi connectivity index (χ0) is 13.9. The molecule has 1 heterocycles. The number of aromatic nitrogens is 1. The number of halogens is 1. The third kappa shape index (κ3) is 3.43. The highest BCUT2D eigenvalue weighted by atomic mass is 35.5. The average molecular weight is 271 g/mol. The summed E-state index contributed by atoms with van der Waals surface area (Å²) < 4.78 is 0. The predicted molar refractivity (Wildman–Crippen MR) is 67.8 cm³/mol. The Morgan fingerprint density at radius 3 is 2.56 bits per heavy atom. The Hall–Kier alpha value is -1.62. The number of aryl methyl sites for hydroxylation is 1. The molecule has 5 nitrogen and oxygen atoms in total. The van der Waals surface area contributed by atoms with E-state index in [1.54, 1.807) is 26.8 Å². The highest BCUT2D eigenvalue weighted by Gasteiger charge is 2.23. The van der Waals surface area contributed by atoms with Gasteiger partial charge >= 0.3 is 5.97 Å². The second kappa shape index (κ2) is 5.82. The molecule has 1 N–H and O–H groups in total. The lowest BCUT2D eigenvalue weighted by molar-refractivity contribution is -0.138. The highest BCUT2D eigenvalue weighted by molar-refractivity contribution is 6.33. The lowest BCUT2D eigenvalue weighted by Gasteiger charge is -2.25. The Kier molecular flexibility index (Phi) is 4.67. The Labute approximate surface area is 110 Å². The molecule has 1 amide bonds. The maximum Gasteiger partial charge on any atom is 0.323 e. The first-order chi connectivity index (χ1) is 8.32. The van der Waals surface area contributed by atoms with Crippen LogP contribution in [0.4, 0.5) is 0 Å². The Morgan fingerprint density at radius 2 is 2.11 bits per heavy atom. The zero-order valence-electron chi connectivity index (χ0n) is 10.5. The lowest BCUT2D eigenvalue weighted by Crippen LogP contribution is -2.40. The number of amides is 1. The average Bonchev–Trinajstić information content (AvgIpc) is 2.24. The Bertz CT molecular complexity index is 474. The summed E-state index contributed by atoms with van der Waals surface area (Å²) in [6, 6.07) is 1.35. The van der Waals surface area contributed by atoms with E-state index in [1.165, 1.54) is 11.1 Å². The quantitative estimate of drug-likeness (QED) is 0.908. The van der Waals surface area contributed by atoms with Crippen molar-refractivity contribution in [3.05, 3.63) is 28.5 Å². The number of hydrogen-bond donors (Lipinski definition) is 1. The second-order valence-electron chi connectivity index (χ2n) is 4.23. The number of aliphatic carboxylic acids is 1. The van der Waals surface area contributed by atoms with Crippen LogP contribution >= 0.6 is 11.6 Å². The molecule has 1 rings (SSSR count). The van der Waals surface area contributed by atoms with Crippen LogP contribution in [0.1, 0.15) is 29.9 Å². The SMILES string of the molecule is Cc1cc(Cl)c(C(=O)N(CC(=O)O)C(C)C)cn1. The van der Waals surface area contributed by atoms with Gasteiger partial charge in [-0.15, -0.1) is 0 Å². The minimum Gasteiger partial charge on any atom is -0.480 e. The fraction of sp³-hybridized carbons (Fsp3) is 0.417. The van der Waals surface area contributed by atoms with Crippen LogP contribution in [0.2, 0.25) is 5.02 Å². The van der Waals surface area contributed by atoms with E-state index in [9.17, 15) is 9.59 Å². The minimum absolute atomic E-state index is 0.220. The molecule has 98 valence electrons. The maximum atomic E-state index is 12.2. The summed E-state index contributed by atoms with van der Waals surface area (Å²) in [4.78, 5) is 28.2. The van der Waals surface area contributed by atoms with Crippen molar-refractivity contribution in [1.82, 2.24) is 9.88 Å². The van der Waals surface area contributed by atoms with Gasteiger partial charge in [0, 0.05) is 17.9 Å². The van der Waals surface area contributed by atoms with Gasteiger partial charge in [0.25, 0.3) is 5.91 Å². The van der Waals surface area contributed by atoms with E-state index in [-0.39, 0.29) is 23.2 Å². The first-order valence-corrected chi connectivity index (χ1v) is 5.85. The molecule has 0 aliphatic rings.